The number of carbonyl (C=O) groups is 3. The molecule has 0 aromatic heterocycles. The third-order valence-electron chi connectivity index (χ3n) is 2.71. The van der Waals surface area contributed by atoms with Gasteiger partial charge < -0.3 is 10.4 Å². The lowest BCUT2D eigenvalue weighted by molar-refractivity contribution is -0.136. The molecule has 1 aliphatic heterocycles. The Bertz CT molecular complexity index is 595. The van der Waals surface area contributed by atoms with Gasteiger partial charge in [-0.05, 0) is 17.7 Å². The first-order valence-electron chi connectivity index (χ1n) is 6.02. The first-order chi connectivity index (χ1) is 9.54. The van der Waals surface area contributed by atoms with Gasteiger partial charge in [-0.25, -0.2) is 5.43 Å². The molecular formula is C13H13N3O4. The largest absolute Gasteiger partial charge is 0.481 e. The molecule has 0 fully saturated rings. The molecule has 0 bridgehead atoms. The zero-order valence-corrected chi connectivity index (χ0v) is 10.5. The normalized spacial score (nSPS) is 14.2. The van der Waals surface area contributed by atoms with E-state index in [9.17, 15) is 14.4 Å². The van der Waals surface area contributed by atoms with Crippen molar-refractivity contribution in [2.45, 2.75) is 19.3 Å². The third kappa shape index (κ3) is 3.64. The Labute approximate surface area is 114 Å². The van der Waals surface area contributed by atoms with Gasteiger partial charge in [0.2, 0.25) is 5.91 Å². The maximum atomic E-state index is 11.9. The number of amides is 2. The van der Waals surface area contributed by atoms with Crippen molar-refractivity contribution in [1.29, 1.82) is 0 Å². The van der Waals surface area contributed by atoms with Gasteiger partial charge in [-0.1, -0.05) is 12.1 Å². The molecule has 0 atom stereocenters. The summed E-state index contributed by atoms with van der Waals surface area (Å²) in [6, 6.07) is 6.58. The maximum Gasteiger partial charge on any atom is 0.307 e. The van der Waals surface area contributed by atoms with Crippen molar-refractivity contribution in [3.05, 3.63) is 29.8 Å². The quantitative estimate of drug-likeness (QED) is 0.744. The zero-order valence-electron chi connectivity index (χ0n) is 10.5. The number of hydrogen-bond acceptors (Lipinski definition) is 4. The van der Waals surface area contributed by atoms with Crippen LogP contribution in [0.5, 0.6) is 0 Å². The Kier molecular flexibility index (Phi) is 4.09. The molecule has 0 aliphatic carbocycles. The summed E-state index contributed by atoms with van der Waals surface area (Å²) in [5, 5.41) is 15.0. The fourth-order valence-electron chi connectivity index (χ4n) is 1.77. The Balaban J connectivity index is 2.04. The molecular weight excluding hydrogens is 262 g/mol. The fourth-order valence-corrected chi connectivity index (χ4v) is 1.77. The van der Waals surface area contributed by atoms with Gasteiger partial charge in [-0.15, -0.1) is 0 Å². The van der Waals surface area contributed by atoms with Crippen LogP contribution in [-0.2, 0) is 20.8 Å². The number of carboxylic acids is 1. The second-order valence-electron chi connectivity index (χ2n) is 4.32. The summed E-state index contributed by atoms with van der Waals surface area (Å²) in [6.45, 7) is 0. The van der Waals surface area contributed by atoms with Crippen LogP contribution in [-0.4, -0.2) is 28.6 Å². The molecule has 20 heavy (non-hydrogen) atoms. The molecule has 7 heteroatoms. The molecule has 1 aromatic carbocycles. The van der Waals surface area contributed by atoms with E-state index in [-0.39, 0.29) is 30.9 Å². The van der Waals surface area contributed by atoms with Crippen molar-refractivity contribution in [1.82, 2.24) is 5.43 Å². The van der Waals surface area contributed by atoms with E-state index >= 15 is 0 Å². The highest BCUT2D eigenvalue weighted by molar-refractivity contribution is 6.43. The average molecular weight is 275 g/mol. The smallest absolute Gasteiger partial charge is 0.307 e. The fraction of sp³-hybridized carbons (Fsp3) is 0.231. The van der Waals surface area contributed by atoms with E-state index in [1.807, 2.05) is 0 Å². The Morgan fingerprint density at radius 3 is 2.80 bits per heavy atom. The molecule has 0 saturated carbocycles. The third-order valence-corrected chi connectivity index (χ3v) is 2.71. The summed E-state index contributed by atoms with van der Waals surface area (Å²) in [7, 11) is 0. The maximum absolute atomic E-state index is 11.9. The van der Waals surface area contributed by atoms with E-state index in [0.717, 1.165) is 0 Å². The predicted octanol–water partition coefficient (Wildman–Crippen LogP) is 0.518. The predicted molar refractivity (Wildman–Crippen MR) is 71.2 cm³/mol. The molecule has 3 N–H and O–H groups in total. The Hall–Kier alpha value is -2.70. The first-order valence-corrected chi connectivity index (χ1v) is 6.02. The molecule has 1 aromatic rings. The second kappa shape index (κ2) is 5.96. The van der Waals surface area contributed by atoms with Crippen molar-refractivity contribution in [3.63, 3.8) is 0 Å². The minimum atomic E-state index is -0.937. The molecule has 1 heterocycles. The van der Waals surface area contributed by atoms with Crippen LogP contribution >= 0.6 is 0 Å². The van der Waals surface area contributed by atoms with Crippen LogP contribution in [0.4, 0.5) is 5.69 Å². The standard InChI is InChI=1S/C13H13N3O4/c17-11-5-4-10(15-16-11)13(20)14-9-3-1-2-8(6-9)7-12(18)19/h1-3,6H,4-5,7H2,(H,14,20)(H,16,17)(H,18,19). The summed E-state index contributed by atoms with van der Waals surface area (Å²) in [4.78, 5) is 33.5. The summed E-state index contributed by atoms with van der Waals surface area (Å²) < 4.78 is 0. The van der Waals surface area contributed by atoms with Crippen molar-refractivity contribution in [3.8, 4) is 0 Å². The van der Waals surface area contributed by atoms with Gasteiger partial charge in [-0.3, -0.25) is 14.4 Å². The van der Waals surface area contributed by atoms with Crippen LogP contribution < -0.4 is 10.7 Å². The second-order valence-corrected chi connectivity index (χ2v) is 4.32. The van der Waals surface area contributed by atoms with E-state index < -0.39 is 11.9 Å². The van der Waals surface area contributed by atoms with Crippen molar-refractivity contribution in [2.75, 3.05) is 5.32 Å². The summed E-state index contributed by atoms with van der Waals surface area (Å²) in [5.41, 5.74) is 3.58. The van der Waals surface area contributed by atoms with Crippen molar-refractivity contribution >= 4 is 29.2 Å². The summed E-state index contributed by atoms with van der Waals surface area (Å²) >= 11 is 0. The number of aliphatic carboxylic acids is 1. The van der Waals surface area contributed by atoms with Gasteiger partial charge >= 0.3 is 5.97 Å². The average Bonchev–Trinajstić information content (AvgIpc) is 2.39. The minimum absolute atomic E-state index is 0.110. The van der Waals surface area contributed by atoms with Gasteiger partial charge in [0.05, 0.1) is 6.42 Å². The molecule has 0 spiro atoms. The number of nitrogens with one attached hydrogen (secondary N) is 2. The Morgan fingerprint density at radius 2 is 2.15 bits per heavy atom. The molecule has 7 nitrogen and oxygen atoms in total. The number of carbonyl (C=O) groups excluding carboxylic acids is 2. The van der Waals surface area contributed by atoms with Gasteiger partial charge in [-0.2, -0.15) is 5.10 Å². The highest BCUT2D eigenvalue weighted by Gasteiger charge is 2.18. The number of hydrazone groups is 1. The first kappa shape index (κ1) is 13.7. The van der Waals surface area contributed by atoms with E-state index in [4.69, 9.17) is 5.11 Å². The lowest BCUT2D eigenvalue weighted by Crippen LogP contribution is -2.32. The molecule has 2 rings (SSSR count). The highest BCUT2D eigenvalue weighted by Crippen LogP contribution is 2.12. The SMILES string of the molecule is O=C(O)Cc1cccc(NC(=O)C2=NNC(=O)CC2)c1. The Morgan fingerprint density at radius 1 is 1.35 bits per heavy atom. The number of nitrogens with zero attached hydrogens (tertiary/aromatic N) is 1. The topological polar surface area (TPSA) is 108 Å². The van der Waals surface area contributed by atoms with Crippen LogP contribution in [0.2, 0.25) is 0 Å². The number of benzene rings is 1. The van der Waals surface area contributed by atoms with E-state index in [1.54, 1.807) is 24.3 Å². The molecule has 104 valence electrons. The monoisotopic (exact) mass is 275 g/mol. The van der Waals surface area contributed by atoms with Crippen molar-refractivity contribution in [2.24, 2.45) is 5.10 Å². The van der Waals surface area contributed by atoms with Gasteiger partial charge in [0.15, 0.2) is 0 Å². The van der Waals surface area contributed by atoms with E-state index in [1.165, 1.54) is 0 Å². The van der Waals surface area contributed by atoms with Crippen LogP contribution in [0.25, 0.3) is 0 Å². The van der Waals surface area contributed by atoms with Crippen LogP contribution in [0.3, 0.4) is 0 Å². The highest BCUT2D eigenvalue weighted by atomic mass is 16.4. The molecule has 0 radical (unpaired) electrons. The van der Waals surface area contributed by atoms with E-state index in [0.29, 0.717) is 11.3 Å². The lowest BCUT2D eigenvalue weighted by atomic mass is 10.1. The number of anilines is 1. The number of hydrogen-bond donors (Lipinski definition) is 3. The lowest BCUT2D eigenvalue weighted by Gasteiger charge is -2.12. The molecule has 0 saturated heterocycles. The van der Waals surface area contributed by atoms with Crippen LogP contribution in [0.15, 0.2) is 29.4 Å². The number of carboxylic acid groups (broad SMARTS) is 1. The van der Waals surface area contributed by atoms with E-state index in [2.05, 4.69) is 15.8 Å². The summed E-state index contributed by atoms with van der Waals surface area (Å²) in [6.07, 6.45) is 0.401. The molecule has 2 amide bonds. The van der Waals surface area contributed by atoms with Gasteiger partial charge in [0.25, 0.3) is 5.91 Å². The van der Waals surface area contributed by atoms with Crippen molar-refractivity contribution < 1.29 is 19.5 Å². The van der Waals surface area contributed by atoms with Crippen LogP contribution in [0.1, 0.15) is 18.4 Å². The minimum Gasteiger partial charge on any atom is -0.481 e. The number of rotatable bonds is 4. The van der Waals surface area contributed by atoms with Crippen LogP contribution in [0, 0.1) is 0 Å². The summed E-state index contributed by atoms with van der Waals surface area (Å²) in [5.74, 6) is -1.56. The zero-order chi connectivity index (χ0) is 14.5. The van der Waals surface area contributed by atoms with Gasteiger partial charge in [0, 0.05) is 18.5 Å². The van der Waals surface area contributed by atoms with Gasteiger partial charge in [0.1, 0.15) is 5.71 Å². The molecule has 0 unspecified atom stereocenters. The molecule has 1 aliphatic rings.